The fraction of sp³-hybridized carbons (Fsp3) is 0.143. The van der Waals surface area contributed by atoms with E-state index in [1.165, 1.54) is 6.07 Å². The molecule has 0 aromatic heterocycles. The average molecular weight is 260 g/mol. The van der Waals surface area contributed by atoms with Gasteiger partial charge in [-0.3, -0.25) is 0 Å². The molecule has 0 radical (unpaired) electrons. The molecule has 0 aliphatic heterocycles. The zero-order chi connectivity index (χ0) is 13.8. The molecule has 2 rings (SSSR count). The van der Waals surface area contributed by atoms with Gasteiger partial charge in [-0.1, -0.05) is 30.3 Å². The van der Waals surface area contributed by atoms with E-state index in [-0.39, 0.29) is 17.8 Å². The lowest BCUT2D eigenvalue weighted by molar-refractivity contribution is 0.290. The van der Waals surface area contributed by atoms with Crippen LogP contribution in [0.25, 0.3) is 0 Å². The van der Waals surface area contributed by atoms with Crippen LogP contribution in [0, 0.1) is 12.7 Å². The topological polar surface area (TPSA) is 49.7 Å². The molecule has 0 aliphatic rings. The summed E-state index contributed by atoms with van der Waals surface area (Å²) < 4.78 is 19.1. The molecule has 0 unspecified atom stereocenters. The summed E-state index contributed by atoms with van der Waals surface area (Å²) in [5.74, 6) is -0.504. The Hall–Kier alpha value is -1.85. The molecule has 2 aromatic rings. The van der Waals surface area contributed by atoms with Crippen molar-refractivity contribution in [1.82, 2.24) is 0 Å². The first-order valence-corrected chi connectivity index (χ1v) is 5.91. The van der Waals surface area contributed by atoms with Crippen LogP contribution in [-0.2, 0) is 6.61 Å². The predicted molar refractivity (Wildman–Crippen MR) is 71.7 cm³/mol. The van der Waals surface area contributed by atoms with Crippen LogP contribution >= 0.6 is 0 Å². The van der Waals surface area contributed by atoms with Crippen molar-refractivity contribution in [3.8, 4) is 5.75 Å². The third-order valence-corrected chi connectivity index (χ3v) is 2.84. The standard InChI is InChI=1S/C14H14BFO3/c1-10-7-14(13(16)8-12(10)15(17)18)19-9-11-5-3-2-4-6-11/h2-8,17-18H,9H2,1H3. The Morgan fingerprint density at radius 2 is 1.84 bits per heavy atom. The van der Waals surface area contributed by atoms with Crippen molar-refractivity contribution < 1.29 is 19.2 Å². The van der Waals surface area contributed by atoms with E-state index >= 15 is 0 Å². The quantitative estimate of drug-likeness (QED) is 0.817. The van der Waals surface area contributed by atoms with Crippen molar-refractivity contribution in [2.75, 3.05) is 0 Å². The summed E-state index contributed by atoms with van der Waals surface area (Å²) in [5.41, 5.74) is 1.65. The van der Waals surface area contributed by atoms with Crippen molar-refractivity contribution >= 4 is 12.6 Å². The first-order valence-electron chi connectivity index (χ1n) is 5.91. The molecule has 3 nitrogen and oxygen atoms in total. The van der Waals surface area contributed by atoms with Gasteiger partial charge < -0.3 is 14.8 Å². The molecule has 19 heavy (non-hydrogen) atoms. The van der Waals surface area contributed by atoms with Gasteiger partial charge in [0, 0.05) is 0 Å². The van der Waals surface area contributed by atoms with Crippen molar-refractivity contribution in [2.24, 2.45) is 0 Å². The van der Waals surface area contributed by atoms with Crippen molar-refractivity contribution in [3.63, 3.8) is 0 Å². The number of halogens is 1. The van der Waals surface area contributed by atoms with Gasteiger partial charge in [-0.05, 0) is 35.6 Å². The smallest absolute Gasteiger partial charge is 0.486 e. The highest BCUT2D eigenvalue weighted by molar-refractivity contribution is 6.59. The largest absolute Gasteiger partial charge is 0.488 e. The van der Waals surface area contributed by atoms with Crippen LogP contribution in [0.2, 0.25) is 0 Å². The Bertz CT molecular complexity index is 558. The molecule has 0 amide bonds. The summed E-state index contributed by atoms with van der Waals surface area (Å²) in [5, 5.41) is 18.2. The highest BCUT2D eigenvalue weighted by atomic mass is 19.1. The van der Waals surface area contributed by atoms with Gasteiger partial charge in [0.25, 0.3) is 0 Å². The molecule has 0 fully saturated rings. The number of rotatable bonds is 4. The third kappa shape index (κ3) is 3.33. The molecule has 0 saturated carbocycles. The first kappa shape index (κ1) is 13.6. The van der Waals surface area contributed by atoms with E-state index in [2.05, 4.69) is 0 Å². The van der Waals surface area contributed by atoms with Crippen LogP contribution < -0.4 is 10.2 Å². The van der Waals surface area contributed by atoms with E-state index in [0.717, 1.165) is 11.6 Å². The Balaban J connectivity index is 2.15. The molecule has 98 valence electrons. The predicted octanol–water partition coefficient (Wildman–Crippen LogP) is 1.39. The molecular formula is C14H14BFO3. The van der Waals surface area contributed by atoms with Gasteiger partial charge in [0.05, 0.1) is 0 Å². The summed E-state index contributed by atoms with van der Waals surface area (Å²) in [6.45, 7) is 1.93. The number of benzene rings is 2. The van der Waals surface area contributed by atoms with Crippen LogP contribution in [0.4, 0.5) is 4.39 Å². The summed E-state index contributed by atoms with van der Waals surface area (Å²) in [7, 11) is -1.68. The van der Waals surface area contributed by atoms with Crippen LogP contribution in [0.15, 0.2) is 42.5 Å². The number of hydrogen-bond acceptors (Lipinski definition) is 3. The highest BCUT2D eigenvalue weighted by Crippen LogP contribution is 2.19. The summed E-state index contributed by atoms with van der Waals surface area (Å²) in [6, 6.07) is 12.0. The zero-order valence-corrected chi connectivity index (χ0v) is 10.5. The van der Waals surface area contributed by atoms with Crippen LogP contribution in [0.3, 0.4) is 0 Å². The van der Waals surface area contributed by atoms with Crippen molar-refractivity contribution in [3.05, 3.63) is 59.4 Å². The molecule has 0 atom stereocenters. The van der Waals surface area contributed by atoms with Crippen LogP contribution in [0.5, 0.6) is 5.75 Å². The highest BCUT2D eigenvalue weighted by Gasteiger charge is 2.17. The third-order valence-electron chi connectivity index (χ3n) is 2.84. The average Bonchev–Trinajstić information content (AvgIpc) is 2.40. The second-order valence-corrected chi connectivity index (χ2v) is 4.29. The maximum absolute atomic E-state index is 13.7. The van der Waals surface area contributed by atoms with E-state index < -0.39 is 12.9 Å². The number of hydrogen-bond donors (Lipinski definition) is 2. The van der Waals surface area contributed by atoms with E-state index in [1.807, 2.05) is 30.3 Å². The van der Waals surface area contributed by atoms with E-state index in [1.54, 1.807) is 6.92 Å². The normalized spacial score (nSPS) is 10.3. The Labute approximate surface area is 111 Å². The molecule has 2 N–H and O–H groups in total. The molecule has 0 spiro atoms. The minimum absolute atomic E-state index is 0.103. The van der Waals surface area contributed by atoms with Gasteiger partial charge in [-0.15, -0.1) is 0 Å². The van der Waals surface area contributed by atoms with Gasteiger partial charge in [0.15, 0.2) is 11.6 Å². The summed E-state index contributed by atoms with van der Waals surface area (Å²) in [6.07, 6.45) is 0. The Morgan fingerprint density at radius 3 is 2.47 bits per heavy atom. The second-order valence-electron chi connectivity index (χ2n) is 4.29. The minimum atomic E-state index is -1.68. The fourth-order valence-electron chi connectivity index (χ4n) is 1.79. The monoisotopic (exact) mass is 260 g/mol. The molecule has 2 aromatic carbocycles. The number of aryl methyl sites for hydroxylation is 1. The van der Waals surface area contributed by atoms with Gasteiger partial charge in [-0.25, -0.2) is 4.39 Å². The molecular weight excluding hydrogens is 246 g/mol. The first-order chi connectivity index (χ1) is 9.08. The van der Waals surface area contributed by atoms with Crippen molar-refractivity contribution in [1.29, 1.82) is 0 Å². The van der Waals surface area contributed by atoms with Crippen LogP contribution in [0.1, 0.15) is 11.1 Å². The molecule has 0 saturated heterocycles. The van der Waals surface area contributed by atoms with E-state index in [0.29, 0.717) is 5.56 Å². The maximum atomic E-state index is 13.7. The second kappa shape index (κ2) is 5.86. The Morgan fingerprint density at radius 1 is 1.16 bits per heavy atom. The zero-order valence-electron chi connectivity index (χ0n) is 10.5. The summed E-state index contributed by atoms with van der Waals surface area (Å²) >= 11 is 0. The number of ether oxygens (including phenoxy) is 1. The lowest BCUT2D eigenvalue weighted by Gasteiger charge is -2.11. The molecule has 0 aliphatic carbocycles. The van der Waals surface area contributed by atoms with Gasteiger partial charge in [-0.2, -0.15) is 0 Å². The van der Waals surface area contributed by atoms with Gasteiger partial charge in [0.2, 0.25) is 0 Å². The lowest BCUT2D eigenvalue weighted by atomic mass is 9.77. The van der Waals surface area contributed by atoms with Gasteiger partial charge >= 0.3 is 7.12 Å². The maximum Gasteiger partial charge on any atom is 0.488 e. The van der Waals surface area contributed by atoms with Gasteiger partial charge in [0.1, 0.15) is 6.61 Å². The van der Waals surface area contributed by atoms with Crippen molar-refractivity contribution in [2.45, 2.75) is 13.5 Å². The SMILES string of the molecule is Cc1cc(OCc2ccccc2)c(F)cc1B(O)O. The summed E-state index contributed by atoms with van der Waals surface area (Å²) in [4.78, 5) is 0. The lowest BCUT2D eigenvalue weighted by Crippen LogP contribution is -2.32. The molecule has 0 heterocycles. The van der Waals surface area contributed by atoms with Crippen LogP contribution in [-0.4, -0.2) is 17.2 Å². The molecule has 5 heteroatoms. The van der Waals surface area contributed by atoms with E-state index in [4.69, 9.17) is 14.8 Å². The minimum Gasteiger partial charge on any atom is -0.486 e. The molecule has 0 bridgehead atoms. The van der Waals surface area contributed by atoms with E-state index in [9.17, 15) is 4.39 Å². The Kier molecular flexibility index (Phi) is 4.19. The fourth-order valence-corrected chi connectivity index (χ4v) is 1.79.